The van der Waals surface area contributed by atoms with Crippen molar-refractivity contribution in [1.82, 2.24) is 15.0 Å². The lowest BCUT2D eigenvalue weighted by Gasteiger charge is -2.22. The van der Waals surface area contributed by atoms with Gasteiger partial charge in [-0.25, -0.2) is 9.97 Å². The summed E-state index contributed by atoms with van der Waals surface area (Å²) in [5, 5.41) is 0. The molecule has 3 rings (SSSR count). The Morgan fingerprint density at radius 2 is 1.41 bits per heavy atom. The summed E-state index contributed by atoms with van der Waals surface area (Å²) in [4.78, 5) is 15.5. The minimum Gasteiger partial charge on any atom is -0.305 e. The number of rotatable bonds is 4. The van der Waals surface area contributed by atoms with Gasteiger partial charge in [0.25, 0.3) is 0 Å². The van der Waals surface area contributed by atoms with Crippen molar-refractivity contribution >= 4 is 43.5 Å². The van der Waals surface area contributed by atoms with Gasteiger partial charge in [0.15, 0.2) is 0 Å². The number of hydrogen-bond donors (Lipinski definition) is 0. The van der Waals surface area contributed by atoms with Crippen LogP contribution in [0.4, 0.5) is 11.6 Å². The highest BCUT2D eigenvalue weighted by Crippen LogP contribution is 2.26. The van der Waals surface area contributed by atoms with Crippen LogP contribution in [0.2, 0.25) is 0 Å². The first-order valence-electron chi connectivity index (χ1n) is 6.65. The second-order valence-corrected chi connectivity index (χ2v) is 6.17. The zero-order valence-electron chi connectivity index (χ0n) is 11.5. The standard InChI is InChI=1S/C16H12Br2N4/c17-13-6-3-8-15(20-13)22(11-12-5-1-2-10-19-12)16-9-4-7-14(18)21-16/h1-10H,11H2. The van der Waals surface area contributed by atoms with Crippen molar-refractivity contribution in [3.8, 4) is 0 Å². The van der Waals surface area contributed by atoms with E-state index in [9.17, 15) is 0 Å². The number of pyridine rings is 3. The number of anilines is 2. The molecular weight excluding hydrogens is 408 g/mol. The summed E-state index contributed by atoms with van der Waals surface area (Å²) < 4.78 is 1.57. The van der Waals surface area contributed by atoms with Gasteiger partial charge in [-0.05, 0) is 68.3 Å². The lowest BCUT2D eigenvalue weighted by atomic mass is 10.3. The van der Waals surface area contributed by atoms with Crippen molar-refractivity contribution < 1.29 is 0 Å². The average molecular weight is 420 g/mol. The maximum Gasteiger partial charge on any atom is 0.135 e. The highest BCUT2D eigenvalue weighted by molar-refractivity contribution is 9.10. The van der Waals surface area contributed by atoms with Crippen LogP contribution in [-0.2, 0) is 6.54 Å². The minimum absolute atomic E-state index is 0.591. The Balaban J connectivity index is 2.02. The summed E-state index contributed by atoms with van der Waals surface area (Å²) in [5.74, 6) is 1.62. The highest BCUT2D eigenvalue weighted by Gasteiger charge is 2.14. The van der Waals surface area contributed by atoms with Crippen LogP contribution in [0.15, 0.2) is 70.0 Å². The Morgan fingerprint density at radius 3 is 1.91 bits per heavy atom. The Morgan fingerprint density at radius 1 is 0.773 bits per heavy atom. The van der Waals surface area contributed by atoms with Crippen LogP contribution in [0.3, 0.4) is 0 Å². The van der Waals surface area contributed by atoms with Crippen LogP contribution in [0.1, 0.15) is 5.69 Å². The quantitative estimate of drug-likeness (QED) is 0.573. The van der Waals surface area contributed by atoms with Gasteiger partial charge in [0.2, 0.25) is 0 Å². The molecular formula is C16H12Br2N4. The van der Waals surface area contributed by atoms with Gasteiger partial charge in [0.05, 0.1) is 12.2 Å². The maximum absolute atomic E-state index is 4.54. The van der Waals surface area contributed by atoms with Crippen LogP contribution in [0, 0.1) is 0 Å². The fourth-order valence-electron chi connectivity index (χ4n) is 2.03. The fraction of sp³-hybridized carbons (Fsp3) is 0.0625. The van der Waals surface area contributed by atoms with Crippen molar-refractivity contribution in [3.05, 3.63) is 75.7 Å². The predicted molar refractivity (Wildman–Crippen MR) is 94.0 cm³/mol. The van der Waals surface area contributed by atoms with Crippen molar-refractivity contribution in [2.75, 3.05) is 4.90 Å². The van der Waals surface area contributed by atoms with Crippen LogP contribution in [0.25, 0.3) is 0 Å². The highest BCUT2D eigenvalue weighted by atomic mass is 79.9. The van der Waals surface area contributed by atoms with E-state index in [0.717, 1.165) is 26.5 Å². The van der Waals surface area contributed by atoms with E-state index in [1.54, 1.807) is 6.20 Å². The zero-order chi connectivity index (χ0) is 15.4. The van der Waals surface area contributed by atoms with Crippen LogP contribution < -0.4 is 4.90 Å². The van der Waals surface area contributed by atoms with E-state index in [-0.39, 0.29) is 0 Å². The van der Waals surface area contributed by atoms with E-state index in [2.05, 4.69) is 46.8 Å². The maximum atomic E-state index is 4.54. The second-order valence-electron chi connectivity index (χ2n) is 4.54. The van der Waals surface area contributed by atoms with E-state index >= 15 is 0 Å². The number of nitrogens with zero attached hydrogens (tertiary/aromatic N) is 4. The molecule has 3 aromatic rings. The molecule has 0 unspecified atom stereocenters. The molecule has 0 saturated heterocycles. The Kier molecular flexibility index (Phi) is 4.80. The third kappa shape index (κ3) is 3.69. The van der Waals surface area contributed by atoms with E-state index in [1.807, 2.05) is 59.5 Å². The molecule has 0 aliphatic carbocycles. The minimum atomic E-state index is 0.591. The first-order chi connectivity index (χ1) is 10.7. The van der Waals surface area contributed by atoms with E-state index in [1.165, 1.54) is 0 Å². The molecule has 0 radical (unpaired) electrons. The molecule has 6 heteroatoms. The molecule has 4 nitrogen and oxygen atoms in total. The van der Waals surface area contributed by atoms with Crippen LogP contribution in [0.5, 0.6) is 0 Å². The van der Waals surface area contributed by atoms with E-state index in [0.29, 0.717) is 6.54 Å². The summed E-state index contributed by atoms with van der Waals surface area (Å²) >= 11 is 6.84. The van der Waals surface area contributed by atoms with Gasteiger partial charge in [-0.3, -0.25) is 4.98 Å². The predicted octanol–water partition coefficient (Wildman–Crippen LogP) is 4.73. The molecule has 0 aromatic carbocycles. The van der Waals surface area contributed by atoms with Gasteiger partial charge in [-0.2, -0.15) is 0 Å². The fourth-order valence-corrected chi connectivity index (χ4v) is 2.70. The summed E-state index contributed by atoms with van der Waals surface area (Å²) in [6, 6.07) is 17.5. The molecule has 0 spiro atoms. The van der Waals surface area contributed by atoms with E-state index in [4.69, 9.17) is 0 Å². The molecule has 0 fully saturated rings. The Bertz CT molecular complexity index is 719. The SMILES string of the molecule is Brc1cccc(N(Cc2ccccn2)c2cccc(Br)n2)n1. The lowest BCUT2D eigenvalue weighted by Crippen LogP contribution is -2.19. The van der Waals surface area contributed by atoms with Gasteiger partial charge >= 0.3 is 0 Å². The molecule has 22 heavy (non-hydrogen) atoms. The first kappa shape index (κ1) is 15.1. The van der Waals surface area contributed by atoms with Gasteiger partial charge in [0.1, 0.15) is 20.8 Å². The lowest BCUT2D eigenvalue weighted by molar-refractivity contribution is 0.884. The number of hydrogen-bond acceptors (Lipinski definition) is 4. The Labute approximate surface area is 145 Å². The van der Waals surface area contributed by atoms with Crippen molar-refractivity contribution in [2.24, 2.45) is 0 Å². The molecule has 110 valence electrons. The number of halogens is 2. The second kappa shape index (κ2) is 6.98. The average Bonchev–Trinajstić information content (AvgIpc) is 2.53. The largest absolute Gasteiger partial charge is 0.305 e. The molecule has 0 N–H and O–H groups in total. The molecule has 0 saturated carbocycles. The zero-order valence-corrected chi connectivity index (χ0v) is 14.7. The molecule has 0 amide bonds. The summed E-state index contributed by atoms with van der Waals surface area (Å²) in [5.41, 5.74) is 0.950. The molecule has 0 aliphatic heterocycles. The molecule has 3 heterocycles. The summed E-state index contributed by atoms with van der Waals surface area (Å²) in [6.45, 7) is 0.591. The van der Waals surface area contributed by atoms with Gasteiger partial charge < -0.3 is 4.90 Å². The van der Waals surface area contributed by atoms with Crippen LogP contribution in [-0.4, -0.2) is 15.0 Å². The normalized spacial score (nSPS) is 10.5. The topological polar surface area (TPSA) is 41.9 Å². The van der Waals surface area contributed by atoms with Gasteiger partial charge in [-0.15, -0.1) is 0 Å². The molecule has 0 bridgehead atoms. The molecule has 0 aliphatic rings. The monoisotopic (exact) mass is 418 g/mol. The summed E-state index contributed by atoms with van der Waals surface area (Å²) in [6.07, 6.45) is 1.79. The summed E-state index contributed by atoms with van der Waals surface area (Å²) in [7, 11) is 0. The smallest absolute Gasteiger partial charge is 0.135 e. The van der Waals surface area contributed by atoms with Crippen molar-refractivity contribution in [1.29, 1.82) is 0 Å². The van der Waals surface area contributed by atoms with Crippen molar-refractivity contribution in [2.45, 2.75) is 6.54 Å². The number of aromatic nitrogens is 3. The van der Waals surface area contributed by atoms with E-state index < -0.39 is 0 Å². The van der Waals surface area contributed by atoms with Gasteiger partial charge in [-0.1, -0.05) is 18.2 Å². The third-order valence-electron chi connectivity index (χ3n) is 3.00. The van der Waals surface area contributed by atoms with Crippen LogP contribution >= 0.6 is 31.9 Å². The Hall–Kier alpha value is -1.79. The third-order valence-corrected chi connectivity index (χ3v) is 3.88. The molecule has 3 aromatic heterocycles. The first-order valence-corrected chi connectivity index (χ1v) is 8.23. The molecule has 0 atom stereocenters. The van der Waals surface area contributed by atoms with Gasteiger partial charge in [0, 0.05) is 6.20 Å². The van der Waals surface area contributed by atoms with Crippen molar-refractivity contribution in [3.63, 3.8) is 0 Å².